The Morgan fingerprint density at radius 2 is 1.70 bits per heavy atom. The Labute approximate surface area is 211 Å². The molecule has 0 saturated heterocycles. The monoisotopic (exact) mass is 519 g/mol. The third-order valence-electron chi connectivity index (χ3n) is 4.76. The van der Waals surface area contributed by atoms with E-state index in [2.05, 4.69) is 26.4 Å². The number of hydrogen-bond donors (Lipinski definition) is 5. The minimum absolute atomic E-state index is 0.0771. The molecule has 0 bridgehead atoms. The summed E-state index contributed by atoms with van der Waals surface area (Å²) in [7, 11) is 1.74. The fraction of sp³-hybridized carbons (Fsp3) is 0.217. The van der Waals surface area contributed by atoms with Crippen LogP contribution in [0, 0.1) is 0 Å². The van der Waals surface area contributed by atoms with E-state index in [-0.39, 0.29) is 23.7 Å². The summed E-state index contributed by atoms with van der Waals surface area (Å²) >= 11 is 0. The second-order valence-corrected chi connectivity index (χ2v) is 7.78. The van der Waals surface area contributed by atoms with Crippen LogP contribution in [-0.4, -0.2) is 39.9 Å². The van der Waals surface area contributed by atoms with Gasteiger partial charge in [0, 0.05) is 36.6 Å². The summed E-state index contributed by atoms with van der Waals surface area (Å²) in [5.41, 5.74) is 17.0. The molecule has 0 spiro atoms. The van der Waals surface area contributed by atoms with Crippen LogP contribution in [-0.2, 0) is 4.79 Å². The number of benzene rings is 1. The third-order valence-corrected chi connectivity index (χ3v) is 4.76. The highest BCUT2D eigenvalue weighted by atomic mass is 19.4. The molecule has 0 aliphatic heterocycles. The third kappa shape index (κ3) is 8.45. The Morgan fingerprint density at radius 3 is 2.22 bits per heavy atom. The quantitative estimate of drug-likeness (QED) is 0.404. The molecule has 0 fully saturated rings. The molecule has 8 N–H and O–H groups in total. The van der Waals surface area contributed by atoms with Gasteiger partial charge in [-0.1, -0.05) is 6.08 Å². The molecule has 14 heteroatoms. The topological polar surface area (TPSA) is 170 Å². The zero-order valence-electron chi connectivity index (χ0n) is 20.4. The molecule has 2 aromatic rings. The van der Waals surface area contributed by atoms with Crippen molar-refractivity contribution in [2.45, 2.75) is 26.4 Å². The molecule has 3 amide bonds. The van der Waals surface area contributed by atoms with Gasteiger partial charge < -0.3 is 32.7 Å². The van der Waals surface area contributed by atoms with E-state index in [1.807, 2.05) is 0 Å². The van der Waals surface area contributed by atoms with Gasteiger partial charge in [-0.25, -0.2) is 14.5 Å². The van der Waals surface area contributed by atoms with Gasteiger partial charge in [0.15, 0.2) is 0 Å². The summed E-state index contributed by atoms with van der Waals surface area (Å²) in [4.78, 5) is 27.3. The van der Waals surface area contributed by atoms with Crippen molar-refractivity contribution in [3.05, 3.63) is 77.9 Å². The maximum absolute atomic E-state index is 13.3. The number of nitrogens with one attached hydrogen (secondary N) is 2. The second-order valence-electron chi connectivity index (χ2n) is 7.78. The number of halogens is 3. The minimum Gasteiger partial charge on any atom is -0.399 e. The smallest absolute Gasteiger partial charge is 0.399 e. The molecule has 0 radical (unpaired) electrons. The largest absolute Gasteiger partial charge is 0.413 e. The highest BCUT2D eigenvalue weighted by Gasteiger charge is 2.34. The fourth-order valence-corrected chi connectivity index (χ4v) is 2.98. The van der Waals surface area contributed by atoms with Crippen LogP contribution in [0.1, 0.15) is 20.3 Å². The van der Waals surface area contributed by atoms with Crippen molar-refractivity contribution in [1.82, 2.24) is 20.1 Å². The number of anilines is 2. The van der Waals surface area contributed by atoms with E-state index >= 15 is 0 Å². The van der Waals surface area contributed by atoms with E-state index in [1.165, 1.54) is 36.4 Å². The number of alkyl halides is 3. The lowest BCUT2D eigenvalue weighted by atomic mass is 10.1. The second kappa shape index (κ2) is 12.3. The van der Waals surface area contributed by atoms with Crippen molar-refractivity contribution in [3.8, 4) is 0 Å². The van der Waals surface area contributed by atoms with E-state index in [4.69, 9.17) is 11.5 Å². The van der Waals surface area contributed by atoms with Crippen LogP contribution < -0.4 is 32.7 Å². The molecular formula is C23H28F3N9O2. The van der Waals surface area contributed by atoms with Crippen molar-refractivity contribution < 1.29 is 22.8 Å². The standard InChI is InChI=1S/C21H23F3N8O.C2H5NO/c1-13(25)19(26)31(2)16-8-6-15(7-9-16)29-20(33)30-17-10-14(21(22,23)24)4-3-5-18(17)32-12-27-11-28-32;1-2(3)4/h3,5-12H,4,25-26H2,1-2H3,(H2,29,30,33);1H3,(H2,3,4)/b19-13-;. The molecule has 37 heavy (non-hydrogen) atoms. The highest BCUT2D eigenvalue weighted by Crippen LogP contribution is 2.32. The first-order valence-electron chi connectivity index (χ1n) is 10.7. The Kier molecular flexibility index (Phi) is 9.46. The van der Waals surface area contributed by atoms with Crippen molar-refractivity contribution in [2.75, 3.05) is 17.3 Å². The highest BCUT2D eigenvalue weighted by molar-refractivity contribution is 5.92. The summed E-state index contributed by atoms with van der Waals surface area (Å²) in [6.07, 6.45) is 1.35. The molecule has 0 saturated carbocycles. The van der Waals surface area contributed by atoms with Gasteiger partial charge in [-0.15, -0.1) is 0 Å². The fourth-order valence-electron chi connectivity index (χ4n) is 2.98. The molecule has 1 aliphatic rings. The first kappa shape index (κ1) is 28.5. The number of allylic oxidation sites excluding steroid dienone is 6. The lowest BCUT2D eigenvalue weighted by molar-refractivity contribution is -0.116. The number of nitrogens with two attached hydrogens (primary N) is 3. The average molecular weight is 520 g/mol. The van der Waals surface area contributed by atoms with E-state index in [9.17, 15) is 22.8 Å². The van der Waals surface area contributed by atoms with Gasteiger partial charge >= 0.3 is 12.2 Å². The van der Waals surface area contributed by atoms with Crippen LogP contribution in [0.5, 0.6) is 0 Å². The van der Waals surface area contributed by atoms with Crippen LogP contribution in [0.15, 0.2) is 77.9 Å². The SMILES string of the molecule is C/C(N)=C(\N)N(C)c1ccc(NC(=O)NC2=C(n3cncn3)C=CCC(C(F)(F)F)=C2)cc1.CC(N)=O. The predicted octanol–water partition coefficient (Wildman–Crippen LogP) is 2.75. The van der Waals surface area contributed by atoms with Crippen LogP contribution in [0.3, 0.4) is 0 Å². The van der Waals surface area contributed by atoms with Gasteiger partial charge in [-0.05, 0) is 49.8 Å². The molecular weight excluding hydrogens is 491 g/mol. The summed E-state index contributed by atoms with van der Waals surface area (Å²) < 4.78 is 41.3. The van der Waals surface area contributed by atoms with Crippen LogP contribution >= 0.6 is 0 Å². The number of urea groups is 1. The maximum Gasteiger partial charge on any atom is 0.413 e. The van der Waals surface area contributed by atoms with E-state index in [0.29, 0.717) is 17.2 Å². The Bertz CT molecular complexity index is 1220. The van der Waals surface area contributed by atoms with Crippen LogP contribution in [0.25, 0.3) is 5.70 Å². The first-order valence-corrected chi connectivity index (χ1v) is 10.7. The molecule has 0 atom stereocenters. The lowest BCUT2D eigenvalue weighted by Gasteiger charge is -2.21. The van der Waals surface area contributed by atoms with Gasteiger partial charge in [0.25, 0.3) is 0 Å². The number of nitrogens with zero attached hydrogens (tertiary/aromatic N) is 4. The van der Waals surface area contributed by atoms with Crippen molar-refractivity contribution in [2.24, 2.45) is 17.2 Å². The maximum atomic E-state index is 13.3. The van der Waals surface area contributed by atoms with Gasteiger partial charge in [0.2, 0.25) is 5.91 Å². The number of amides is 3. The van der Waals surface area contributed by atoms with E-state index in [0.717, 1.165) is 11.8 Å². The van der Waals surface area contributed by atoms with Crippen molar-refractivity contribution in [1.29, 1.82) is 0 Å². The van der Waals surface area contributed by atoms with Crippen molar-refractivity contribution >= 4 is 29.0 Å². The number of aromatic nitrogens is 3. The van der Waals surface area contributed by atoms with Gasteiger partial charge in [-0.2, -0.15) is 18.3 Å². The summed E-state index contributed by atoms with van der Waals surface area (Å²) in [6.45, 7) is 2.98. The number of carbonyl (C=O) groups is 2. The molecule has 0 unspecified atom stereocenters. The average Bonchev–Trinajstić information content (AvgIpc) is 3.25. The van der Waals surface area contributed by atoms with Gasteiger partial charge in [0.1, 0.15) is 18.5 Å². The van der Waals surface area contributed by atoms with Gasteiger partial charge in [-0.3, -0.25) is 4.79 Å². The van der Waals surface area contributed by atoms with Crippen LogP contribution in [0.4, 0.5) is 29.3 Å². The van der Waals surface area contributed by atoms with Gasteiger partial charge in [0.05, 0.1) is 11.4 Å². The first-order chi connectivity index (χ1) is 17.3. The minimum atomic E-state index is -4.55. The Balaban J connectivity index is 0.00000112. The van der Waals surface area contributed by atoms with Crippen LogP contribution in [0.2, 0.25) is 0 Å². The normalized spacial score (nSPS) is 13.9. The number of primary amides is 1. The number of rotatable bonds is 5. The molecule has 1 aromatic carbocycles. The molecule has 11 nitrogen and oxygen atoms in total. The number of carbonyl (C=O) groups excluding carboxylic acids is 2. The predicted molar refractivity (Wildman–Crippen MR) is 134 cm³/mol. The lowest BCUT2D eigenvalue weighted by Crippen LogP contribution is -2.29. The van der Waals surface area contributed by atoms with E-state index < -0.39 is 17.8 Å². The summed E-state index contributed by atoms with van der Waals surface area (Å²) in [5.74, 6) is 0.0507. The molecule has 3 rings (SSSR count). The van der Waals surface area contributed by atoms with E-state index in [1.54, 1.807) is 43.1 Å². The Hall–Kier alpha value is -4.75. The molecule has 1 aliphatic carbocycles. The summed E-state index contributed by atoms with van der Waals surface area (Å²) in [5, 5.41) is 9.02. The Morgan fingerprint density at radius 1 is 1.08 bits per heavy atom. The molecule has 1 aromatic heterocycles. The number of hydrogen-bond acceptors (Lipinski definition) is 7. The summed E-state index contributed by atoms with van der Waals surface area (Å²) in [6, 6.07) is 5.94. The van der Waals surface area contributed by atoms with Crippen molar-refractivity contribution in [3.63, 3.8) is 0 Å². The molecule has 198 valence electrons. The zero-order valence-corrected chi connectivity index (χ0v) is 20.4. The molecule has 1 heterocycles. The zero-order chi connectivity index (χ0) is 27.8.